The molecule has 0 aromatic heterocycles. The van der Waals surface area contributed by atoms with Gasteiger partial charge in [0.15, 0.2) is 5.79 Å². The highest BCUT2D eigenvalue weighted by atomic mass is 35.5. The second-order valence-corrected chi connectivity index (χ2v) is 7.43. The molecule has 1 spiro atoms. The van der Waals surface area contributed by atoms with Crippen molar-refractivity contribution in [2.75, 3.05) is 26.3 Å². The molecule has 2 aliphatic heterocycles. The van der Waals surface area contributed by atoms with Crippen molar-refractivity contribution in [1.82, 2.24) is 4.31 Å². The van der Waals surface area contributed by atoms with Crippen LogP contribution in [0.1, 0.15) is 12.8 Å². The average Bonchev–Trinajstić information content (AvgIpc) is 2.90. The van der Waals surface area contributed by atoms with Crippen molar-refractivity contribution in [3.63, 3.8) is 0 Å². The van der Waals surface area contributed by atoms with Crippen molar-refractivity contribution in [1.29, 1.82) is 0 Å². The molecule has 2 fully saturated rings. The van der Waals surface area contributed by atoms with Gasteiger partial charge in [-0.2, -0.15) is 4.31 Å². The summed E-state index contributed by atoms with van der Waals surface area (Å²) >= 11 is 5.66. The quantitative estimate of drug-likeness (QED) is 0.829. The Hall–Kier alpha value is -0.730. The van der Waals surface area contributed by atoms with E-state index in [1.54, 1.807) is 0 Å². The normalized spacial score (nSPS) is 22.8. The van der Waals surface area contributed by atoms with Crippen LogP contribution in [-0.4, -0.2) is 44.8 Å². The van der Waals surface area contributed by atoms with Gasteiger partial charge in [-0.05, 0) is 18.2 Å². The summed E-state index contributed by atoms with van der Waals surface area (Å²) in [5, 5.41) is -0.202. The summed E-state index contributed by atoms with van der Waals surface area (Å²) in [6, 6.07) is 3.42. The Balaban J connectivity index is 1.78. The summed E-state index contributed by atoms with van der Waals surface area (Å²) < 4.78 is 50.7. The molecule has 5 nitrogen and oxygen atoms in total. The zero-order valence-electron chi connectivity index (χ0n) is 11.2. The Bertz CT molecular complexity index is 636. The number of benzene rings is 1. The maximum atomic E-state index is 13.2. The van der Waals surface area contributed by atoms with Gasteiger partial charge in [0.1, 0.15) is 5.82 Å². The molecule has 0 saturated carbocycles. The van der Waals surface area contributed by atoms with Crippen molar-refractivity contribution < 1.29 is 22.3 Å². The number of hydrogen-bond acceptors (Lipinski definition) is 4. The fraction of sp³-hybridized carbons (Fsp3) is 0.538. The Labute approximate surface area is 127 Å². The van der Waals surface area contributed by atoms with Gasteiger partial charge in [-0.15, -0.1) is 0 Å². The number of rotatable bonds is 2. The lowest BCUT2D eigenvalue weighted by Crippen LogP contribution is -2.47. The van der Waals surface area contributed by atoms with Gasteiger partial charge in [-0.1, -0.05) is 11.6 Å². The molecule has 0 atom stereocenters. The second kappa shape index (κ2) is 5.48. The van der Waals surface area contributed by atoms with E-state index < -0.39 is 21.6 Å². The molecule has 8 heteroatoms. The second-order valence-electron chi connectivity index (χ2n) is 5.09. The lowest BCUT2D eigenvalue weighted by atomic mass is 10.1. The number of hydrogen-bond donors (Lipinski definition) is 0. The largest absolute Gasteiger partial charge is 0.347 e. The fourth-order valence-corrected chi connectivity index (χ4v) is 4.35. The molecule has 2 aliphatic rings. The Morgan fingerprint density at radius 1 is 1.19 bits per heavy atom. The Morgan fingerprint density at radius 3 is 2.38 bits per heavy atom. The maximum absolute atomic E-state index is 13.2. The monoisotopic (exact) mass is 335 g/mol. The molecule has 116 valence electrons. The average molecular weight is 336 g/mol. The summed E-state index contributed by atoms with van der Waals surface area (Å²) in [5.74, 6) is -1.27. The molecular weight excluding hydrogens is 321 g/mol. The predicted octanol–water partition coefficient (Wildman–Crippen LogP) is 2.01. The van der Waals surface area contributed by atoms with Crippen LogP contribution in [0.2, 0.25) is 5.02 Å². The third-order valence-corrected chi connectivity index (χ3v) is 6.01. The van der Waals surface area contributed by atoms with E-state index in [2.05, 4.69) is 0 Å². The zero-order valence-corrected chi connectivity index (χ0v) is 12.8. The number of halogens is 2. The minimum atomic E-state index is -3.68. The zero-order chi connectivity index (χ0) is 15.1. The van der Waals surface area contributed by atoms with Crippen molar-refractivity contribution >= 4 is 21.6 Å². The Morgan fingerprint density at radius 2 is 1.81 bits per heavy atom. The van der Waals surface area contributed by atoms with Crippen molar-refractivity contribution in [2.45, 2.75) is 23.5 Å². The first-order valence-corrected chi connectivity index (χ1v) is 8.48. The molecule has 1 aromatic carbocycles. The van der Waals surface area contributed by atoms with E-state index in [0.29, 0.717) is 39.1 Å². The van der Waals surface area contributed by atoms with Gasteiger partial charge < -0.3 is 9.47 Å². The molecule has 0 aliphatic carbocycles. The first kappa shape index (κ1) is 15.2. The van der Waals surface area contributed by atoms with E-state index in [-0.39, 0.29) is 9.92 Å². The van der Waals surface area contributed by atoms with Crippen LogP contribution in [0, 0.1) is 5.82 Å². The van der Waals surface area contributed by atoms with Crippen LogP contribution >= 0.6 is 11.6 Å². The lowest BCUT2D eigenvalue weighted by molar-refractivity contribution is -0.179. The highest BCUT2D eigenvalue weighted by molar-refractivity contribution is 7.89. The van der Waals surface area contributed by atoms with Gasteiger partial charge in [0.05, 0.1) is 23.1 Å². The van der Waals surface area contributed by atoms with E-state index >= 15 is 0 Å². The van der Waals surface area contributed by atoms with Gasteiger partial charge in [-0.3, -0.25) is 0 Å². The van der Waals surface area contributed by atoms with Gasteiger partial charge in [0, 0.05) is 25.9 Å². The summed E-state index contributed by atoms with van der Waals surface area (Å²) in [7, 11) is -3.68. The van der Waals surface area contributed by atoms with Crippen LogP contribution in [0.25, 0.3) is 0 Å². The number of nitrogens with zero attached hydrogens (tertiary/aromatic N) is 1. The van der Waals surface area contributed by atoms with E-state index in [1.165, 1.54) is 10.4 Å². The highest BCUT2D eigenvalue weighted by Gasteiger charge is 2.42. The summed E-state index contributed by atoms with van der Waals surface area (Å²) in [6.45, 7) is 1.69. The number of piperidine rings is 1. The molecule has 21 heavy (non-hydrogen) atoms. The summed E-state index contributed by atoms with van der Waals surface area (Å²) in [4.78, 5) is -0.00175. The van der Waals surface area contributed by atoms with Crippen molar-refractivity contribution in [2.24, 2.45) is 0 Å². The predicted molar refractivity (Wildman–Crippen MR) is 74.0 cm³/mol. The standard InChI is InChI=1S/C13H15ClFNO4S/c14-11-9-10(1-2-12(11)15)21(17,18)16-5-3-13(4-6-16)19-7-8-20-13/h1-2,9H,3-8H2. The first-order valence-electron chi connectivity index (χ1n) is 6.66. The summed E-state index contributed by atoms with van der Waals surface area (Å²) in [6.07, 6.45) is 0.975. The van der Waals surface area contributed by atoms with E-state index in [4.69, 9.17) is 21.1 Å². The Kier molecular flexibility index (Phi) is 3.96. The van der Waals surface area contributed by atoms with E-state index in [9.17, 15) is 12.8 Å². The highest BCUT2D eigenvalue weighted by Crippen LogP contribution is 2.33. The molecule has 0 amide bonds. The van der Waals surface area contributed by atoms with Crippen LogP contribution in [0.3, 0.4) is 0 Å². The molecule has 0 bridgehead atoms. The molecule has 1 aromatic rings. The van der Waals surface area contributed by atoms with Gasteiger partial charge in [0.25, 0.3) is 0 Å². The van der Waals surface area contributed by atoms with Crippen LogP contribution in [0.4, 0.5) is 4.39 Å². The van der Waals surface area contributed by atoms with Crippen LogP contribution in [0.5, 0.6) is 0 Å². The SMILES string of the molecule is O=S(=O)(c1ccc(F)c(Cl)c1)N1CCC2(CC1)OCCO2. The molecular formula is C13H15ClFNO4S. The third kappa shape index (κ3) is 2.80. The van der Waals surface area contributed by atoms with E-state index in [0.717, 1.165) is 12.1 Å². The molecule has 3 rings (SSSR count). The van der Waals surface area contributed by atoms with Gasteiger partial charge in [-0.25, -0.2) is 12.8 Å². The van der Waals surface area contributed by atoms with Gasteiger partial charge >= 0.3 is 0 Å². The number of sulfonamides is 1. The topological polar surface area (TPSA) is 55.8 Å². The first-order chi connectivity index (χ1) is 9.93. The minimum Gasteiger partial charge on any atom is -0.347 e. The minimum absolute atomic E-state index is 0.00175. The lowest BCUT2D eigenvalue weighted by Gasteiger charge is -2.36. The van der Waals surface area contributed by atoms with Crippen LogP contribution < -0.4 is 0 Å². The van der Waals surface area contributed by atoms with Gasteiger partial charge in [0.2, 0.25) is 10.0 Å². The number of ether oxygens (including phenoxy) is 2. The smallest absolute Gasteiger partial charge is 0.243 e. The molecule has 0 unspecified atom stereocenters. The molecule has 0 radical (unpaired) electrons. The fourth-order valence-electron chi connectivity index (χ4n) is 2.64. The van der Waals surface area contributed by atoms with E-state index in [1.807, 2.05) is 0 Å². The van der Waals surface area contributed by atoms with Crippen molar-refractivity contribution in [3.8, 4) is 0 Å². The molecule has 2 heterocycles. The van der Waals surface area contributed by atoms with Crippen molar-refractivity contribution in [3.05, 3.63) is 29.0 Å². The molecule has 2 saturated heterocycles. The summed E-state index contributed by atoms with van der Waals surface area (Å²) in [5.41, 5.74) is 0. The molecule has 0 N–H and O–H groups in total. The third-order valence-electron chi connectivity index (χ3n) is 3.83. The van der Waals surface area contributed by atoms with Crippen LogP contribution in [0.15, 0.2) is 23.1 Å². The maximum Gasteiger partial charge on any atom is 0.243 e. The van der Waals surface area contributed by atoms with Crippen LogP contribution in [-0.2, 0) is 19.5 Å².